The predicted octanol–water partition coefficient (Wildman–Crippen LogP) is 2.07. The van der Waals surface area contributed by atoms with Gasteiger partial charge in [0.25, 0.3) is 5.92 Å². The van der Waals surface area contributed by atoms with E-state index in [0.717, 1.165) is 0 Å². The molecule has 0 heterocycles. The van der Waals surface area contributed by atoms with Gasteiger partial charge in [-0.25, -0.2) is 13.2 Å². The van der Waals surface area contributed by atoms with E-state index in [-0.39, 0.29) is 6.07 Å². The minimum atomic E-state index is -3.32. The Bertz CT molecular complexity index is 520. The summed E-state index contributed by atoms with van der Waals surface area (Å²) < 4.78 is 52.3. The molecule has 2 rings (SSSR count). The van der Waals surface area contributed by atoms with Crippen LogP contribution in [0.25, 0.3) is 0 Å². The molecule has 17 heavy (non-hydrogen) atoms. The van der Waals surface area contributed by atoms with Gasteiger partial charge in [0.1, 0.15) is 11.4 Å². The summed E-state index contributed by atoms with van der Waals surface area (Å²) in [5.41, 5.74) is 1.09. The minimum absolute atomic E-state index is 0.258. The third-order valence-electron chi connectivity index (χ3n) is 2.74. The van der Waals surface area contributed by atoms with Crippen LogP contribution in [0.5, 0.6) is 0 Å². The van der Waals surface area contributed by atoms with Gasteiger partial charge in [-0.05, 0) is 6.07 Å². The Labute approximate surface area is 92.2 Å². The zero-order chi connectivity index (χ0) is 13.0. The molecule has 0 amide bonds. The summed E-state index contributed by atoms with van der Waals surface area (Å²) in [7, 11) is 0. The maximum Gasteiger partial charge on any atom is 0.307 e. The standard InChI is InChI=1S/C9H6F4N2O2/c10-5-2-7(15(16)17)6(11)1-4(5)8(14)3-9(8,12)13/h1-2H,3,14H2. The molecule has 92 valence electrons. The Balaban J connectivity index is 2.53. The van der Waals surface area contributed by atoms with E-state index in [2.05, 4.69) is 0 Å². The lowest BCUT2D eigenvalue weighted by Crippen LogP contribution is -2.28. The van der Waals surface area contributed by atoms with Crippen LogP contribution in [0.3, 0.4) is 0 Å². The second kappa shape index (κ2) is 3.16. The predicted molar refractivity (Wildman–Crippen MR) is 48.4 cm³/mol. The van der Waals surface area contributed by atoms with Gasteiger partial charge in [-0.3, -0.25) is 10.1 Å². The monoisotopic (exact) mass is 250 g/mol. The van der Waals surface area contributed by atoms with Crippen molar-refractivity contribution < 1.29 is 22.5 Å². The van der Waals surface area contributed by atoms with E-state index in [1.54, 1.807) is 0 Å². The highest BCUT2D eigenvalue weighted by Gasteiger charge is 2.71. The quantitative estimate of drug-likeness (QED) is 0.496. The van der Waals surface area contributed by atoms with Gasteiger partial charge in [-0.1, -0.05) is 0 Å². The van der Waals surface area contributed by atoms with Crippen molar-refractivity contribution in [3.63, 3.8) is 0 Å². The smallest absolute Gasteiger partial charge is 0.307 e. The van der Waals surface area contributed by atoms with E-state index in [1.807, 2.05) is 0 Å². The van der Waals surface area contributed by atoms with Crippen molar-refractivity contribution in [2.45, 2.75) is 17.9 Å². The molecule has 0 radical (unpaired) electrons. The summed E-state index contributed by atoms with van der Waals surface area (Å²) in [5.74, 6) is -6.02. The number of nitrogens with zero attached hydrogens (tertiary/aromatic N) is 1. The van der Waals surface area contributed by atoms with E-state index in [1.165, 1.54) is 0 Å². The van der Waals surface area contributed by atoms with Crippen molar-refractivity contribution in [1.82, 2.24) is 0 Å². The molecule has 0 bridgehead atoms. The molecule has 1 atom stereocenters. The summed E-state index contributed by atoms with van der Waals surface area (Å²) in [5, 5.41) is 10.3. The Morgan fingerprint density at radius 3 is 2.24 bits per heavy atom. The number of hydrogen-bond donors (Lipinski definition) is 1. The molecule has 1 aromatic rings. The zero-order valence-corrected chi connectivity index (χ0v) is 8.21. The first kappa shape index (κ1) is 11.8. The number of nitro groups is 1. The minimum Gasteiger partial charge on any atom is -0.316 e. The van der Waals surface area contributed by atoms with E-state index in [0.29, 0.717) is 6.07 Å². The maximum atomic E-state index is 13.4. The van der Waals surface area contributed by atoms with Gasteiger partial charge in [-0.2, -0.15) is 4.39 Å². The third kappa shape index (κ3) is 1.55. The lowest BCUT2D eigenvalue weighted by molar-refractivity contribution is -0.387. The molecule has 1 unspecified atom stereocenters. The van der Waals surface area contributed by atoms with Crippen LogP contribution in [0, 0.1) is 21.7 Å². The number of rotatable bonds is 2. The van der Waals surface area contributed by atoms with Gasteiger partial charge >= 0.3 is 5.69 Å². The molecule has 0 saturated heterocycles. The van der Waals surface area contributed by atoms with Crippen LogP contribution in [0.15, 0.2) is 12.1 Å². The van der Waals surface area contributed by atoms with Crippen molar-refractivity contribution in [2.75, 3.05) is 0 Å². The van der Waals surface area contributed by atoms with Crippen LogP contribution in [-0.2, 0) is 5.54 Å². The molecule has 1 aromatic carbocycles. The molecule has 1 aliphatic rings. The molecule has 4 nitrogen and oxygen atoms in total. The lowest BCUT2D eigenvalue weighted by atomic mass is 10.0. The Morgan fingerprint density at radius 2 is 1.82 bits per heavy atom. The number of halogens is 4. The van der Waals surface area contributed by atoms with Gasteiger partial charge in [0.05, 0.1) is 11.0 Å². The summed E-state index contributed by atoms with van der Waals surface area (Å²) in [4.78, 5) is 9.16. The number of nitrogens with two attached hydrogens (primary N) is 1. The number of hydrogen-bond acceptors (Lipinski definition) is 3. The highest BCUT2D eigenvalue weighted by Crippen LogP contribution is 2.58. The van der Waals surface area contributed by atoms with Gasteiger partial charge in [0, 0.05) is 12.0 Å². The summed E-state index contributed by atoms with van der Waals surface area (Å²) in [6.45, 7) is 0. The maximum absolute atomic E-state index is 13.4. The molecule has 0 spiro atoms. The third-order valence-corrected chi connectivity index (χ3v) is 2.74. The Kier molecular flexibility index (Phi) is 2.19. The fourth-order valence-electron chi connectivity index (χ4n) is 1.62. The molecule has 1 aliphatic carbocycles. The highest BCUT2D eigenvalue weighted by atomic mass is 19.3. The molecule has 2 N–H and O–H groups in total. The Morgan fingerprint density at radius 1 is 1.29 bits per heavy atom. The zero-order valence-electron chi connectivity index (χ0n) is 8.21. The molecule has 8 heteroatoms. The molecule has 1 saturated carbocycles. The topological polar surface area (TPSA) is 69.2 Å². The number of nitro benzene ring substituents is 1. The van der Waals surface area contributed by atoms with E-state index >= 15 is 0 Å². The molecular weight excluding hydrogens is 244 g/mol. The molecule has 0 aromatic heterocycles. The van der Waals surface area contributed by atoms with Crippen LogP contribution in [-0.4, -0.2) is 10.8 Å². The van der Waals surface area contributed by atoms with Gasteiger partial charge in [0.2, 0.25) is 5.82 Å². The van der Waals surface area contributed by atoms with E-state index < -0.39 is 45.7 Å². The molecule has 0 aliphatic heterocycles. The van der Waals surface area contributed by atoms with Crippen LogP contribution in [0.2, 0.25) is 0 Å². The largest absolute Gasteiger partial charge is 0.316 e. The van der Waals surface area contributed by atoms with Gasteiger partial charge in [0.15, 0.2) is 0 Å². The van der Waals surface area contributed by atoms with Crippen molar-refractivity contribution in [2.24, 2.45) is 5.73 Å². The normalized spacial score (nSPS) is 25.7. The fourth-order valence-corrected chi connectivity index (χ4v) is 1.62. The summed E-state index contributed by atoms with van der Waals surface area (Å²) in [6, 6.07) is 0.613. The average Bonchev–Trinajstić information content (AvgIpc) is 2.70. The summed E-state index contributed by atoms with van der Waals surface area (Å²) in [6.07, 6.45) is -0.811. The van der Waals surface area contributed by atoms with Crippen molar-refractivity contribution in [3.05, 3.63) is 39.4 Å². The SMILES string of the molecule is NC1(c2cc(F)c([N+](=O)[O-])cc2F)CC1(F)F. The number of benzene rings is 1. The lowest BCUT2D eigenvalue weighted by Gasteiger charge is -2.11. The van der Waals surface area contributed by atoms with E-state index in [9.17, 15) is 27.7 Å². The summed E-state index contributed by atoms with van der Waals surface area (Å²) >= 11 is 0. The first-order chi connectivity index (χ1) is 7.69. The second-order valence-electron chi connectivity index (χ2n) is 3.89. The Hall–Kier alpha value is -1.70. The van der Waals surface area contributed by atoms with Crippen LogP contribution < -0.4 is 5.73 Å². The van der Waals surface area contributed by atoms with Gasteiger partial charge < -0.3 is 5.73 Å². The van der Waals surface area contributed by atoms with Crippen molar-refractivity contribution in [3.8, 4) is 0 Å². The van der Waals surface area contributed by atoms with E-state index in [4.69, 9.17) is 5.73 Å². The second-order valence-corrected chi connectivity index (χ2v) is 3.89. The van der Waals surface area contributed by atoms with Crippen molar-refractivity contribution in [1.29, 1.82) is 0 Å². The van der Waals surface area contributed by atoms with Gasteiger partial charge in [-0.15, -0.1) is 0 Å². The fraction of sp³-hybridized carbons (Fsp3) is 0.333. The van der Waals surface area contributed by atoms with Crippen LogP contribution in [0.1, 0.15) is 12.0 Å². The first-order valence-corrected chi connectivity index (χ1v) is 4.50. The van der Waals surface area contributed by atoms with Crippen molar-refractivity contribution >= 4 is 5.69 Å². The average molecular weight is 250 g/mol. The number of alkyl halides is 2. The molecule has 1 fully saturated rings. The highest BCUT2D eigenvalue weighted by molar-refractivity contribution is 5.43. The molecular formula is C9H6F4N2O2. The van der Waals surface area contributed by atoms with Crippen LogP contribution >= 0.6 is 0 Å². The van der Waals surface area contributed by atoms with Crippen LogP contribution in [0.4, 0.5) is 23.2 Å². The first-order valence-electron chi connectivity index (χ1n) is 4.50.